The highest BCUT2D eigenvalue weighted by atomic mass is 35.5. The quantitative estimate of drug-likeness (QED) is 0.381. The number of pyridine rings is 2. The number of nitrogens with two attached hydrogens (primary N) is 1. The summed E-state index contributed by atoms with van der Waals surface area (Å²) in [5, 5.41) is 7.67. The van der Waals surface area contributed by atoms with E-state index >= 15 is 0 Å². The second kappa shape index (κ2) is 9.63. The van der Waals surface area contributed by atoms with Crippen molar-refractivity contribution < 1.29 is 9.53 Å². The lowest BCUT2D eigenvalue weighted by Gasteiger charge is -2.26. The van der Waals surface area contributed by atoms with E-state index in [2.05, 4.69) is 30.4 Å². The van der Waals surface area contributed by atoms with Crippen LogP contribution in [0.5, 0.6) is 0 Å². The van der Waals surface area contributed by atoms with E-state index in [4.69, 9.17) is 22.1 Å². The van der Waals surface area contributed by atoms with Crippen LogP contribution in [0.4, 0.5) is 5.82 Å². The minimum Gasteiger partial charge on any atom is -0.382 e. The Labute approximate surface area is 212 Å². The van der Waals surface area contributed by atoms with Gasteiger partial charge in [0.2, 0.25) is 0 Å². The summed E-state index contributed by atoms with van der Waals surface area (Å²) < 4.78 is 6.90. The number of aryl methyl sites for hydroxylation is 2. The molecule has 0 saturated carbocycles. The number of carbonyl (C=O) groups is 1. The van der Waals surface area contributed by atoms with Gasteiger partial charge < -0.3 is 15.8 Å². The van der Waals surface area contributed by atoms with Gasteiger partial charge in [-0.05, 0) is 43.7 Å². The Morgan fingerprint density at radius 3 is 2.61 bits per heavy atom. The number of nitrogens with zero attached hydrogens (tertiary/aromatic N) is 6. The number of rotatable bonds is 6. The lowest BCUT2D eigenvalue weighted by Crippen LogP contribution is -2.29. The number of aromatic nitrogens is 6. The summed E-state index contributed by atoms with van der Waals surface area (Å²) in [6, 6.07) is 8.84. The lowest BCUT2D eigenvalue weighted by atomic mass is 9.99. The molecule has 5 heterocycles. The van der Waals surface area contributed by atoms with Crippen molar-refractivity contribution in [1.82, 2.24) is 35.0 Å². The average molecular weight is 505 g/mol. The number of halogens is 1. The molecule has 1 atom stereocenters. The number of hydrogen-bond donors (Lipinski definition) is 2. The molecule has 5 rings (SSSR count). The summed E-state index contributed by atoms with van der Waals surface area (Å²) >= 11 is 6.22. The molecule has 1 unspecified atom stereocenters. The Bertz CT molecular complexity index is 1410. The second-order valence-electron chi connectivity index (χ2n) is 8.80. The van der Waals surface area contributed by atoms with Gasteiger partial charge in [0.05, 0.1) is 30.6 Å². The number of hydrogen-bond acceptors (Lipinski definition) is 8. The Balaban J connectivity index is 1.47. The van der Waals surface area contributed by atoms with Gasteiger partial charge in [0.25, 0.3) is 5.91 Å². The van der Waals surface area contributed by atoms with Crippen molar-refractivity contribution in [3.63, 3.8) is 0 Å². The predicted molar refractivity (Wildman–Crippen MR) is 135 cm³/mol. The van der Waals surface area contributed by atoms with Crippen LogP contribution in [-0.4, -0.2) is 48.8 Å². The van der Waals surface area contributed by atoms with Crippen LogP contribution in [0.25, 0.3) is 22.6 Å². The summed E-state index contributed by atoms with van der Waals surface area (Å²) in [7, 11) is 1.80. The maximum atomic E-state index is 13.3. The number of amides is 1. The number of anilines is 1. The molecule has 4 aromatic rings. The van der Waals surface area contributed by atoms with Gasteiger partial charge in [-0.2, -0.15) is 5.10 Å². The third kappa shape index (κ3) is 4.77. The van der Waals surface area contributed by atoms with E-state index in [1.165, 1.54) is 0 Å². The number of nitrogen functional groups attached to an aromatic ring is 1. The van der Waals surface area contributed by atoms with E-state index in [0.717, 1.165) is 11.3 Å². The van der Waals surface area contributed by atoms with Gasteiger partial charge in [-0.3, -0.25) is 14.5 Å². The van der Waals surface area contributed by atoms with Crippen LogP contribution in [-0.2, 0) is 11.8 Å². The zero-order chi connectivity index (χ0) is 25.4. The van der Waals surface area contributed by atoms with Crippen LogP contribution in [0.1, 0.15) is 46.3 Å². The zero-order valence-electron chi connectivity index (χ0n) is 20.1. The molecule has 4 aromatic heterocycles. The normalized spacial score (nSPS) is 14.3. The van der Waals surface area contributed by atoms with Crippen LogP contribution in [0, 0.1) is 6.92 Å². The van der Waals surface area contributed by atoms with Crippen molar-refractivity contribution in [1.29, 1.82) is 0 Å². The van der Waals surface area contributed by atoms with Crippen molar-refractivity contribution in [2.24, 2.45) is 7.05 Å². The second-order valence-corrected chi connectivity index (χ2v) is 9.18. The van der Waals surface area contributed by atoms with E-state index in [1.807, 2.05) is 38.2 Å². The lowest BCUT2D eigenvalue weighted by molar-refractivity contribution is 0.00827. The summed E-state index contributed by atoms with van der Waals surface area (Å²) in [5.41, 5.74) is 10.9. The number of nitrogens with one attached hydrogen (secondary N) is 1. The molecule has 1 saturated heterocycles. The molecule has 11 heteroatoms. The van der Waals surface area contributed by atoms with Crippen molar-refractivity contribution in [3.8, 4) is 22.6 Å². The van der Waals surface area contributed by atoms with Crippen molar-refractivity contribution in [2.75, 3.05) is 18.9 Å². The number of carbonyl (C=O) groups excluding carboxylic acids is 1. The van der Waals surface area contributed by atoms with E-state index in [0.29, 0.717) is 52.6 Å². The Kier molecular flexibility index (Phi) is 6.38. The predicted octanol–water partition coefficient (Wildman–Crippen LogP) is 3.48. The van der Waals surface area contributed by atoms with Gasteiger partial charge >= 0.3 is 0 Å². The van der Waals surface area contributed by atoms with Crippen LogP contribution in [0.2, 0.25) is 5.15 Å². The highest BCUT2D eigenvalue weighted by Gasteiger charge is 2.24. The maximum absolute atomic E-state index is 13.3. The highest BCUT2D eigenvalue weighted by molar-refractivity contribution is 6.29. The molecule has 10 nitrogen and oxygen atoms in total. The molecular weight excluding hydrogens is 480 g/mol. The van der Waals surface area contributed by atoms with Gasteiger partial charge in [-0.15, -0.1) is 0 Å². The molecule has 1 aliphatic rings. The minimum atomic E-state index is -0.462. The van der Waals surface area contributed by atoms with E-state index in [-0.39, 0.29) is 17.6 Å². The molecule has 0 spiro atoms. The fraction of sp³-hybridized carbons (Fsp3) is 0.280. The Hall–Kier alpha value is -3.89. The molecule has 1 fully saturated rings. The molecule has 0 aromatic carbocycles. The fourth-order valence-electron chi connectivity index (χ4n) is 3.98. The van der Waals surface area contributed by atoms with Gasteiger partial charge in [-0.1, -0.05) is 17.7 Å². The molecule has 1 amide bonds. The van der Waals surface area contributed by atoms with Crippen LogP contribution >= 0.6 is 11.6 Å². The first kappa shape index (κ1) is 23.8. The highest BCUT2D eigenvalue weighted by Crippen LogP contribution is 2.31. The van der Waals surface area contributed by atoms with Gasteiger partial charge in [-0.25, -0.2) is 15.0 Å². The third-order valence-electron chi connectivity index (χ3n) is 6.00. The molecule has 1 aliphatic heterocycles. The van der Waals surface area contributed by atoms with Crippen LogP contribution in [0.15, 0.2) is 42.7 Å². The zero-order valence-corrected chi connectivity index (χ0v) is 20.8. The summed E-state index contributed by atoms with van der Waals surface area (Å²) in [5.74, 6) is -0.0846. The van der Waals surface area contributed by atoms with Gasteiger partial charge in [0, 0.05) is 36.6 Å². The SMILES string of the molecule is Cc1cc(-c2nc(C(=O)NC(C)c3ccc(C4COC4)cn3)c(N)nc2-c2ccn(C)n2)cc(Cl)n1. The van der Waals surface area contributed by atoms with Crippen LogP contribution < -0.4 is 11.1 Å². The molecule has 36 heavy (non-hydrogen) atoms. The minimum absolute atomic E-state index is 0.00496. The molecule has 0 radical (unpaired) electrons. The van der Waals surface area contributed by atoms with Crippen LogP contribution in [0.3, 0.4) is 0 Å². The topological polar surface area (TPSA) is 134 Å². The maximum Gasteiger partial charge on any atom is 0.274 e. The summed E-state index contributed by atoms with van der Waals surface area (Å²) in [4.78, 5) is 31.2. The van der Waals surface area contributed by atoms with Crippen molar-refractivity contribution in [3.05, 3.63) is 70.5 Å². The molecular formula is C25H25ClN8O2. The summed E-state index contributed by atoms with van der Waals surface area (Å²) in [6.07, 6.45) is 3.62. The van der Waals surface area contributed by atoms with Gasteiger partial charge in [0.15, 0.2) is 11.5 Å². The first-order valence-electron chi connectivity index (χ1n) is 11.4. The molecule has 184 valence electrons. The molecule has 0 aliphatic carbocycles. The Morgan fingerprint density at radius 1 is 1.19 bits per heavy atom. The smallest absolute Gasteiger partial charge is 0.274 e. The largest absolute Gasteiger partial charge is 0.382 e. The Morgan fingerprint density at radius 2 is 2.00 bits per heavy atom. The number of ether oxygens (including phenoxy) is 1. The van der Waals surface area contributed by atoms with E-state index in [1.54, 1.807) is 30.1 Å². The van der Waals surface area contributed by atoms with E-state index < -0.39 is 5.91 Å². The summed E-state index contributed by atoms with van der Waals surface area (Å²) in [6.45, 7) is 5.10. The monoisotopic (exact) mass is 504 g/mol. The fourth-order valence-corrected chi connectivity index (χ4v) is 4.23. The third-order valence-corrected chi connectivity index (χ3v) is 6.19. The standard InChI is InChI=1S/C25H25ClN8O2/c1-13-8-16(9-20(26)29-13)21-22(19-6-7-34(3)33-19)32-24(27)23(31-21)25(35)30-14(2)18-5-4-15(10-28-18)17-11-36-12-17/h4-10,14,17H,11-12H2,1-3H3,(H2,27,32)(H,30,35). The first-order valence-corrected chi connectivity index (χ1v) is 11.8. The average Bonchev–Trinajstić information content (AvgIpc) is 3.23. The first-order chi connectivity index (χ1) is 17.3. The van der Waals surface area contributed by atoms with Gasteiger partial charge in [0.1, 0.15) is 16.5 Å². The molecule has 0 bridgehead atoms. The van der Waals surface area contributed by atoms with Crippen molar-refractivity contribution in [2.45, 2.75) is 25.8 Å². The van der Waals surface area contributed by atoms with E-state index in [9.17, 15) is 4.79 Å². The van der Waals surface area contributed by atoms with Crippen molar-refractivity contribution >= 4 is 23.3 Å². The molecule has 3 N–H and O–H groups in total.